The molecule has 3 nitrogen and oxygen atoms in total. The van der Waals surface area contributed by atoms with Gasteiger partial charge in [0.15, 0.2) is 0 Å². The van der Waals surface area contributed by atoms with Gasteiger partial charge in [0.05, 0.1) is 17.9 Å². The molecule has 1 rings (SSSR count). The maximum atomic E-state index is 11.7. The molecule has 0 aliphatic heterocycles. The van der Waals surface area contributed by atoms with Crippen molar-refractivity contribution in [2.45, 2.75) is 24.7 Å². The Hall–Kier alpha value is -1.16. The van der Waals surface area contributed by atoms with Crippen LogP contribution >= 0.6 is 0 Å². The molecule has 0 fully saturated rings. The summed E-state index contributed by atoms with van der Waals surface area (Å²) in [5.41, 5.74) is 1.19. The standard InChI is InChI=1S/C12H16O3S/c1-9(2)10-4-6-11(7-5-10)16(14)8-12(13)15-3/h4-7,9H,8H2,1-3H3. The van der Waals surface area contributed by atoms with E-state index in [2.05, 4.69) is 18.6 Å². The van der Waals surface area contributed by atoms with Gasteiger partial charge < -0.3 is 4.74 Å². The molecule has 88 valence electrons. The van der Waals surface area contributed by atoms with Crippen molar-refractivity contribution in [3.05, 3.63) is 29.8 Å². The zero-order valence-corrected chi connectivity index (χ0v) is 10.5. The van der Waals surface area contributed by atoms with Crippen LogP contribution in [0.4, 0.5) is 0 Å². The van der Waals surface area contributed by atoms with Gasteiger partial charge in [0, 0.05) is 4.90 Å². The molecule has 1 aromatic carbocycles. The largest absolute Gasteiger partial charge is 0.468 e. The van der Waals surface area contributed by atoms with Crippen LogP contribution in [0.1, 0.15) is 25.3 Å². The summed E-state index contributed by atoms with van der Waals surface area (Å²) in [6.45, 7) is 4.20. The summed E-state index contributed by atoms with van der Waals surface area (Å²) in [7, 11) is -0.0164. The van der Waals surface area contributed by atoms with Crippen LogP contribution in [0.3, 0.4) is 0 Å². The predicted molar refractivity (Wildman–Crippen MR) is 63.8 cm³/mol. The third-order valence-electron chi connectivity index (χ3n) is 2.29. The average Bonchev–Trinajstić information content (AvgIpc) is 2.28. The minimum Gasteiger partial charge on any atom is -0.468 e. The molecule has 0 N–H and O–H groups in total. The Balaban J connectivity index is 2.74. The molecule has 0 bridgehead atoms. The lowest BCUT2D eigenvalue weighted by Gasteiger charge is -2.06. The third-order valence-corrected chi connectivity index (χ3v) is 3.58. The Labute approximate surface area is 98.3 Å². The Morgan fingerprint density at radius 2 is 1.88 bits per heavy atom. The van der Waals surface area contributed by atoms with E-state index in [1.54, 1.807) is 12.1 Å². The van der Waals surface area contributed by atoms with E-state index >= 15 is 0 Å². The van der Waals surface area contributed by atoms with Crippen molar-refractivity contribution in [2.75, 3.05) is 12.9 Å². The normalized spacial score (nSPS) is 12.5. The summed E-state index contributed by atoms with van der Waals surface area (Å²) in [6, 6.07) is 7.48. The van der Waals surface area contributed by atoms with E-state index in [9.17, 15) is 9.00 Å². The summed E-state index contributed by atoms with van der Waals surface area (Å²) < 4.78 is 16.2. The van der Waals surface area contributed by atoms with E-state index in [-0.39, 0.29) is 5.75 Å². The van der Waals surface area contributed by atoms with Crippen molar-refractivity contribution in [1.29, 1.82) is 0 Å². The number of benzene rings is 1. The first kappa shape index (κ1) is 12.9. The van der Waals surface area contributed by atoms with Gasteiger partial charge in [0.1, 0.15) is 5.75 Å². The average molecular weight is 240 g/mol. The topological polar surface area (TPSA) is 43.4 Å². The summed E-state index contributed by atoms with van der Waals surface area (Å²) in [5.74, 6) is -0.0910. The molecule has 16 heavy (non-hydrogen) atoms. The molecule has 0 aliphatic carbocycles. The van der Waals surface area contributed by atoms with Gasteiger partial charge in [-0.05, 0) is 23.6 Å². The second-order valence-electron chi connectivity index (χ2n) is 3.79. The van der Waals surface area contributed by atoms with Crippen molar-refractivity contribution in [3.8, 4) is 0 Å². The fraction of sp³-hybridized carbons (Fsp3) is 0.417. The lowest BCUT2D eigenvalue weighted by atomic mass is 10.0. The highest BCUT2D eigenvalue weighted by Gasteiger charge is 2.10. The number of ether oxygens (including phenoxy) is 1. The molecule has 1 atom stereocenters. The summed E-state index contributed by atoms with van der Waals surface area (Å²) in [6.07, 6.45) is 0. The highest BCUT2D eigenvalue weighted by Crippen LogP contribution is 2.16. The van der Waals surface area contributed by atoms with E-state index in [1.165, 1.54) is 12.7 Å². The number of carbonyl (C=O) groups is 1. The summed E-state index contributed by atoms with van der Waals surface area (Å²) in [4.78, 5) is 11.6. The van der Waals surface area contributed by atoms with Crippen LogP contribution in [0.5, 0.6) is 0 Å². The number of rotatable bonds is 4. The molecule has 0 amide bonds. The highest BCUT2D eigenvalue weighted by atomic mass is 32.2. The minimum absolute atomic E-state index is 0.0858. The zero-order chi connectivity index (χ0) is 12.1. The van der Waals surface area contributed by atoms with Gasteiger partial charge in [-0.3, -0.25) is 9.00 Å². The smallest absolute Gasteiger partial charge is 0.318 e. The first-order valence-electron chi connectivity index (χ1n) is 5.09. The summed E-state index contributed by atoms with van der Waals surface area (Å²) in [5, 5.41) is 0. The number of carbonyl (C=O) groups excluding carboxylic acids is 1. The molecule has 0 radical (unpaired) electrons. The first-order valence-corrected chi connectivity index (χ1v) is 6.41. The van der Waals surface area contributed by atoms with Crippen LogP contribution in [0.25, 0.3) is 0 Å². The second kappa shape index (κ2) is 5.80. The predicted octanol–water partition coefficient (Wildman–Crippen LogP) is 2.09. The highest BCUT2D eigenvalue weighted by molar-refractivity contribution is 7.85. The van der Waals surface area contributed by atoms with Crippen LogP contribution in [0.2, 0.25) is 0 Å². The van der Waals surface area contributed by atoms with E-state index in [1.807, 2.05) is 12.1 Å². The van der Waals surface area contributed by atoms with Gasteiger partial charge in [0.2, 0.25) is 0 Å². The Morgan fingerprint density at radius 1 is 1.31 bits per heavy atom. The van der Waals surface area contributed by atoms with Crippen molar-refractivity contribution >= 4 is 16.8 Å². The molecule has 0 aliphatic rings. The van der Waals surface area contributed by atoms with Crippen molar-refractivity contribution in [1.82, 2.24) is 0 Å². The van der Waals surface area contributed by atoms with Gasteiger partial charge in [0.25, 0.3) is 0 Å². The van der Waals surface area contributed by atoms with Gasteiger partial charge in [-0.25, -0.2) is 0 Å². The molecule has 0 aromatic heterocycles. The van der Waals surface area contributed by atoms with E-state index < -0.39 is 16.8 Å². The first-order chi connectivity index (χ1) is 7.54. The Kier molecular flexibility index (Phi) is 4.68. The van der Waals surface area contributed by atoms with E-state index in [4.69, 9.17) is 0 Å². The van der Waals surface area contributed by atoms with Gasteiger partial charge in [-0.15, -0.1) is 0 Å². The Morgan fingerprint density at radius 3 is 2.31 bits per heavy atom. The molecule has 0 saturated carbocycles. The Bertz CT molecular complexity index is 382. The number of hydrogen-bond donors (Lipinski definition) is 0. The maximum Gasteiger partial charge on any atom is 0.318 e. The SMILES string of the molecule is COC(=O)CS(=O)c1ccc(C(C)C)cc1. The van der Waals surface area contributed by atoms with Crippen molar-refractivity contribution < 1.29 is 13.7 Å². The summed E-state index contributed by atoms with van der Waals surface area (Å²) >= 11 is 0. The quantitative estimate of drug-likeness (QED) is 0.757. The lowest BCUT2D eigenvalue weighted by molar-refractivity contribution is -0.137. The molecule has 0 saturated heterocycles. The fourth-order valence-corrected chi connectivity index (χ4v) is 2.19. The number of esters is 1. The molecular weight excluding hydrogens is 224 g/mol. The van der Waals surface area contributed by atoms with E-state index in [0.717, 1.165) is 0 Å². The second-order valence-corrected chi connectivity index (χ2v) is 5.24. The number of methoxy groups -OCH3 is 1. The van der Waals surface area contributed by atoms with Crippen LogP contribution in [-0.4, -0.2) is 23.0 Å². The number of hydrogen-bond acceptors (Lipinski definition) is 3. The van der Waals surface area contributed by atoms with Gasteiger partial charge in [-0.2, -0.15) is 0 Å². The molecule has 0 heterocycles. The van der Waals surface area contributed by atoms with Gasteiger partial charge in [-0.1, -0.05) is 26.0 Å². The molecule has 4 heteroatoms. The molecule has 0 spiro atoms. The maximum absolute atomic E-state index is 11.7. The molecule has 1 aromatic rings. The molecule has 1 unspecified atom stereocenters. The minimum atomic E-state index is -1.31. The zero-order valence-electron chi connectivity index (χ0n) is 9.73. The lowest BCUT2D eigenvalue weighted by Crippen LogP contribution is -2.12. The van der Waals surface area contributed by atoms with Crippen molar-refractivity contribution in [2.24, 2.45) is 0 Å². The van der Waals surface area contributed by atoms with E-state index in [0.29, 0.717) is 10.8 Å². The fourth-order valence-electron chi connectivity index (χ4n) is 1.25. The van der Waals surface area contributed by atoms with Gasteiger partial charge >= 0.3 is 5.97 Å². The van der Waals surface area contributed by atoms with Crippen molar-refractivity contribution in [3.63, 3.8) is 0 Å². The van der Waals surface area contributed by atoms with Crippen LogP contribution in [-0.2, 0) is 20.3 Å². The van der Waals surface area contributed by atoms with Crippen LogP contribution in [0, 0.1) is 0 Å². The molecular formula is C12H16O3S. The monoisotopic (exact) mass is 240 g/mol. The third kappa shape index (κ3) is 3.45. The van der Waals surface area contributed by atoms with Crippen LogP contribution < -0.4 is 0 Å². The van der Waals surface area contributed by atoms with Crippen LogP contribution in [0.15, 0.2) is 29.2 Å².